The first kappa shape index (κ1) is 15.9. The first-order valence-electron chi connectivity index (χ1n) is 7.69. The number of benzene rings is 2. The van der Waals surface area contributed by atoms with Gasteiger partial charge in [0.2, 0.25) is 11.6 Å². The molecule has 0 saturated heterocycles. The van der Waals surface area contributed by atoms with Crippen molar-refractivity contribution in [3.8, 4) is 22.6 Å². The van der Waals surface area contributed by atoms with Gasteiger partial charge in [0, 0.05) is 17.5 Å². The molecule has 5 heteroatoms. The average Bonchev–Trinajstić information content (AvgIpc) is 2.55. The Morgan fingerprint density at radius 2 is 1.71 bits per heavy atom. The molecular formula is C19H16O5. The molecule has 0 fully saturated rings. The summed E-state index contributed by atoms with van der Waals surface area (Å²) in [5.41, 5.74) is 1.06. The molecule has 0 spiro atoms. The molecule has 0 atom stereocenters. The molecule has 0 radical (unpaired) electrons. The summed E-state index contributed by atoms with van der Waals surface area (Å²) in [4.78, 5) is 37.0. The van der Waals surface area contributed by atoms with Crippen molar-refractivity contribution in [3.63, 3.8) is 0 Å². The van der Waals surface area contributed by atoms with Crippen molar-refractivity contribution in [2.24, 2.45) is 0 Å². The number of hydrogen-bond donors (Lipinski definition) is 2. The van der Waals surface area contributed by atoms with E-state index in [0.717, 1.165) is 0 Å². The lowest BCUT2D eigenvalue weighted by atomic mass is 9.80. The van der Waals surface area contributed by atoms with Gasteiger partial charge in [0.15, 0.2) is 5.78 Å². The van der Waals surface area contributed by atoms with Crippen molar-refractivity contribution in [2.75, 3.05) is 0 Å². The van der Waals surface area contributed by atoms with E-state index in [1.165, 1.54) is 12.1 Å². The fourth-order valence-electron chi connectivity index (χ4n) is 3.09. The average molecular weight is 324 g/mol. The summed E-state index contributed by atoms with van der Waals surface area (Å²) in [5.74, 6) is -2.52. The van der Waals surface area contributed by atoms with Crippen LogP contribution in [0.2, 0.25) is 0 Å². The number of Topliss-reactive ketones (excluding diaryl/α,β-unsaturated/α-hetero) is 3. The van der Waals surface area contributed by atoms with Gasteiger partial charge >= 0.3 is 0 Å². The second kappa shape index (κ2) is 5.60. The number of aromatic hydroxyl groups is 2. The maximum Gasteiger partial charge on any atom is 0.238 e. The highest BCUT2D eigenvalue weighted by atomic mass is 16.3. The van der Waals surface area contributed by atoms with E-state index in [0.29, 0.717) is 29.5 Å². The van der Waals surface area contributed by atoms with Gasteiger partial charge in [0.05, 0.1) is 11.1 Å². The fourth-order valence-corrected chi connectivity index (χ4v) is 3.09. The number of hydrogen-bond acceptors (Lipinski definition) is 5. The zero-order valence-corrected chi connectivity index (χ0v) is 13.3. The summed E-state index contributed by atoms with van der Waals surface area (Å²) in [6, 6.07) is 5.99. The third-order valence-electron chi connectivity index (χ3n) is 4.32. The van der Waals surface area contributed by atoms with E-state index >= 15 is 0 Å². The monoisotopic (exact) mass is 324 g/mol. The van der Waals surface area contributed by atoms with Gasteiger partial charge in [-0.25, -0.2) is 0 Å². The molecule has 1 aliphatic rings. The molecule has 122 valence electrons. The molecule has 2 N–H and O–H groups in total. The van der Waals surface area contributed by atoms with Gasteiger partial charge in [0.25, 0.3) is 0 Å². The summed E-state index contributed by atoms with van der Waals surface area (Å²) in [5, 5.41) is 20.4. The Bertz CT molecular complexity index is 908. The minimum Gasteiger partial charge on any atom is -0.507 e. The minimum atomic E-state index is -0.880. The molecule has 3 rings (SSSR count). The van der Waals surface area contributed by atoms with Crippen LogP contribution in [-0.4, -0.2) is 27.6 Å². The van der Waals surface area contributed by atoms with E-state index in [9.17, 15) is 24.6 Å². The van der Waals surface area contributed by atoms with E-state index in [1.54, 1.807) is 19.1 Å². The third kappa shape index (κ3) is 2.12. The van der Waals surface area contributed by atoms with Crippen LogP contribution in [0, 0.1) is 6.92 Å². The predicted molar refractivity (Wildman–Crippen MR) is 87.8 cm³/mol. The highest BCUT2D eigenvalue weighted by Crippen LogP contribution is 2.43. The summed E-state index contributed by atoms with van der Waals surface area (Å²) >= 11 is 0. The summed E-state index contributed by atoms with van der Waals surface area (Å²) in [7, 11) is 0. The van der Waals surface area contributed by atoms with E-state index < -0.39 is 11.6 Å². The maximum absolute atomic E-state index is 12.4. The normalized spacial score (nSPS) is 12.8. The Labute approximate surface area is 138 Å². The van der Waals surface area contributed by atoms with Gasteiger partial charge in [-0.15, -0.1) is 0 Å². The highest BCUT2D eigenvalue weighted by Gasteiger charge is 2.36. The summed E-state index contributed by atoms with van der Waals surface area (Å²) < 4.78 is 0. The van der Waals surface area contributed by atoms with Crippen molar-refractivity contribution >= 4 is 17.3 Å². The third-order valence-corrected chi connectivity index (χ3v) is 4.32. The van der Waals surface area contributed by atoms with E-state index in [2.05, 4.69) is 0 Å². The molecule has 1 aliphatic carbocycles. The lowest BCUT2D eigenvalue weighted by Gasteiger charge is -2.22. The molecule has 0 aromatic heterocycles. The Morgan fingerprint density at radius 3 is 2.38 bits per heavy atom. The first-order chi connectivity index (χ1) is 11.4. The van der Waals surface area contributed by atoms with Gasteiger partial charge in [-0.05, 0) is 36.6 Å². The second-order valence-electron chi connectivity index (χ2n) is 5.85. The van der Waals surface area contributed by atoms with E-state index in [1.807, 2.05) is 6.92 Å². The van der Waals surface area contributed by atoms with Crippen LogP contribution in [0.3, 0.4) is 0 Å². The standard InChI is InChI=1S/C19H16O5/c1-3-5-13(20)11-8-12-10-6-4-7-14(21)15(10)18(23)19(24)16(12)17(22)9(11)2/h4,6-8,21-22H,3,5H2,1-2H3. The van der Waals surface area contributed by atoms with Crippen LogP contribution in [0.25, 0.3) is 11.1 Å². The Balaban J connectivity index is 2.37. The Hall–Kier alpha value is -2.95. The van der Waals surface area contributed by atoms with Crippen LogP contribution >= 0.6 is 0 Å². The second-order valence-corrected chi connectivity index (χ2v) is 5.85. The van der Waals surface area contributed by atoms with Gasteiger partial charge in [-0.3, -0.25) is 14.4 Å². The van der Waals surface area contributed by atoms with Gasteiger partial charge in [-0.2, -0.15) is 0 Å². The number of fused-ring (bicyclic) bond motifs is 3. The van der Waals surface area contributed by atoms with Crippen molar-refractivity contribution in [1.29, 1.82) is 0 Å². The van der Waals surface area contributed by atoms with Crippen molar-refractivity contribution in [3.05, 3.63) is 46.5 Å². The molecule has 0 amide bonds. The van der Waals surface area contributed by atoms with Crippen LogP contribution in [0.4, 0.5) is 0 Å². The number of carbonyl (C=O) groups excluding carboxylic acids is 3. The van der Waals surface area contributed by atoms with Crippen LogP contribution < -0.4 is 0 Å². The SMILES string of the molecule is CCCC(=O)c1cc2c(c(O)c1C)C(=O)C(=O)c1c(O)cccc1-2. The lowest BCUT2D eigenvalue weighted by Crippen LogP contribution is -2.22. The largest absolute Gasteiger partial charge is 0.507 e. The zero-order chi connectivity index (χ0) is 17.6. The van der Waals surface area contributed by atoms with Crippen molar-refractivity contribution in [2.45, 2.75) is 26.7 Å². The van der Waals surface area contributed by atoms with Crippen LogP contribution in [0.5, 0.6) is 11.5 Å². The molecular weight excluding hydrogens is 308 g/mol. The molecule has 24 heavy (non-hydrogen) atoms. The maximum atomic E-state index is 12.4. The predicted octanol–water partition coefficient (Wildman–Crippen LogP) is 3.44. The van der Waals surface area contributed by atoms with Crippen LogP contribution in [0.1, 0.15) is 56.4 Å². The Kier molecular flexibility index (Phi) is 3.72. The molecule has 0 unspecified atom stereocenters. The first-order valence-corrected chi connectivity index (χ1v) is 7.69. The number of rotatable bonds is 3. The number of phenolic OH excluding ortho intramolecular Hbond substituents is 2. The topological polar surface area (TPSA) is 91.7 Å². The lowest BCUT2D eigenvalue weighted by molar-refractivity contribution is 0.0811. The van der Waals surface area contributed by atoms with Crippen molar-refractivity contribution < 1.29 is 24.6 Å². The summed E-state index contributed by atoms with van der Waals surface area (Å²) in [6.45, 7) is 3.43. The smallest absolute Gasteiger partial charge is 0.238 e. The molecule has 0 saturated carbocycles. The van der Waals surface area contributed by atoms with Gasteiger partial charge < -0.3 is 10.2 Å². The molecule has 2 aromatic rings. The number of ketones is 3. The number of carbonyl (C=O) groups is 3. The van der Waals surface area contributed by atoms with Crippen LogP contribution in [0.15, 0.2) is 24.3 Å². The van der Waals surface area contributed by atoms with E-state index in [4.69, 9.17) is 0 Å². The molecule has 2 aromatic carbocycles. The van der Waals surface area contributed by atoms with Crippen LogP contribution in [-0.2, 0) is 0 Å². The highest BCUT2D eigenvalue weighted by molar-refractivity contribution is 6.54. The van der Waals surface area contributed by atoms with Gasteiger partial charge in [0.1, 0.15) is 11.5 Å². The molecule has 5 nitrogen and oxygen atoms in total. The summed E-state index contributed by atoms with van der Waals surface area (Å²) in [6.07, 6.45) is 0.976. The molecule has 0 aliphatic heterocycles. The molecule has 0 bridgehead atoms. The molecule has 0 heterocycles. The quantitative estimate of drug-likeness (QED) is 0.666. The van der Waals surface area contributed by atoms with Gasteiger partial charge in [-0.1, -0.05) is 19.1 Å². The minimum absolute atomic E-state index is 0.0906. The number of phenols is 2. The fraction of sp³-hybridized carbons (Fsp3) is 0.211. The zero-order valence-electron chi connectivity index (χ0n) is 13.3. The van der Waals surface area contributed by atoms with E-state index in [-0.39, 0.29) is 34.0 Å². The van der Waals surface area contributed by atoms with Crippen molar-refractivity contribution in [1.82, 2.24) is 0 Å². The Morgan fingerprint density at radius 1 is 1.04 bits per heavy atom.